The lowest BCUT2D eigenvalue weighted by atomic mass is 9.92. The van der Waals surface area contributed by atoms with Crippen molar-refractivity contribution in [3.63, 3.8) is 0 Å². The molecule has 0 unspecified atom stereocenters. The summed E-state index contributed by atoms with van der Waals surface area (Å²) in [5.41, 5.74) is 4.65. The smallest absolute Gasteiger partial charge is 0.131 e. The van der Waals surface area contributed by atoms with Crippen LogP contribution in [0.3, 0.4) is 0 Å². The quantitative estimate of drug-likeness (QED) is 0.542. The van der Waals surface area contributed by atoms with Gasteiger partial charge in [-0.25, -0.2) is 0 Å². The summed E-state index contributed by atoms with van der Waals surface area (Å²) in [6.45, 7) is 0. The predicted octanol–water partition coefficient (Wildman–Crippen LogP) is 4.76. The summed E-state index contributed by atoms with van der Waals surface area (Å²) in [5.74, 6) is 2.14. The Kier molecular flexibility index (Phi) is 2.68. The first kappa shape index (κ1) is 12.0. The van der Waals surface area contributed by atoms with Crippen molar-refractivity contribution in [2.45, 2.75) is 6.42 Å². The van der Waals surface area contributed by atoms with Gasteiger partial charge in [0.25, 0.3) is 0 Å². The first-order chi connectivity index (χ1) is 10.3. The highest BCUT2D eigenvalue weighted by molar-refractivity contribution is 5.72. The van der Waals surface area contributed by atoms with Gasteiger partial charge in [0.05, 0.1) is 0 Å². The lowest BCUT2D eigenvalue weighted by Crippen LogP contribution is -2.04. The molecule has 0 spiro atoms. The average Bonchev–Trinajstić information content (AvgIpc) is 2.53. The Morgan fingerprint density at radius 1 is 0.762 bits per heavy atom. The highest BCUT2D eigenvalue weighted by atomic mass is 16.5. The molecule has 2 heteroatoms. The van der Waals surface area contributed by atoms with Crippen molar-refractivity contribution in [3.8, 4) is 28.4 Å². The summed E-state index contributed by atoms with van der Waals surface area (Å²) in [4.78, 5) is 0. The van der Waals surface area contributed by atoms with E-state index in [2.05, 4.69) is 12.1 Å². The number of phenols is 1. The number of rotatable bonds is 1. The number of hydrogen-bond donors (Lipinski definition) is 1. The van der Waals surface area contributed by atoms with E-state index in [-0.39, 0.29) is 5.75 Å². The average molecular weight is 274 g/mol. The van der Waals surface area contributed by atoms with Crippen molar-refractivity contribution in [2.24, 2.45) is 0 Å². The van der Waals surface area contributed by atoms with Crippen LogP contribution in [-0.2, 0) is 6.42 Å². The van der Waals surface area contributed by atoms with E-state index in [0.29, 0.717) is 0 Å². The van der Waals surface area contributed by atoms with Crippen LogP contribution < -0.4 is 4.74 Å². The Morgan fingerprint density at radius 3 is 2.38 bits per heavy atom. The van der Waals surface area contributed by atoms with E-state index >= 15 is 0 Å². The number of hydrogen-bond acceptors (Lipinski definition) is 2. The van der Waals surface area contributed by atoms with Gasteiger partial charge < -0.3 is 9.84 Å². The molecule has 0 radical (unpaired) electrons. The molecule has 4 rings (SSSR count). The fourth-order valence-corrected chi connectivity index (χ4v) is 2.81. The molecule has 3 aromatic rings. The third-order valence-corrected chi connectivity index (χ3v) is 3.87. The van der Waals surface area contributed by atoms with Crippen LogP contribution in [0.2, 0.25) is 0 Å². The zero-order valence-electron chi connectivity index (χ0n) is 11.4. The van der Waals surface area contributed by atoms with E-state index in [1.807, 2.05) is 42.5 Å². The van der Waals surface area contributed by atoms with Crippen LogP contribution in [0.15, 0.2) is 66.7 Å². The van der Waals surface area contributed by atoms with E-state index in [4.69, 9.17) is 4.74 Å². The topological polar surface area (TPSA) is 29.5 Å². The summed E-state index contributed by atoms with van der Waals surface area (Å²) in [5, 5.41) is 9.45. The largest absolute Gasteiger partial charge is 0.508 e. The highest BCUT2D eigenvalue weighted by Crippen LogP contribution is 2.41. The van der Waals surface area contributed by atoms with Gasteiger partial charge in [-0.3, -0.25) is 0 Å². The molecule has 1 aliphatic rings. The second kappa shape index (κ2) is 4.67. The van der Waals surface area contributed by atoms with Gasteiger partial charge in [-0.1, -0.05) is 42.5 Å². The molecule has 1 aliphatic heterocycles. The molecule has 0 bridgehead atoms. The van der Waals surface area contributed by atoms with Gasteiger partial charge in [-0.2, -0.15) is 0 Å². The zero-order chi connectivity index (χ0) is 14.2. The molecule has 0 fully saturated rings. The summed E-state index contributed by atoms with van der Waals surface area (Å²) in [6.07, 6.45) is 0.864. The number of aromatic hydroxyl groups is 1. The van der Waals surface area contributed by atoms with Gasteiger partial charge in [-0.15, -0.1) is 0 Å². The molecule has 0 aliphatic carbocycles. The molecular formula is C19H14O2. The van der Waals surface area contributed by atoms with Crippen molar-refractivity contribution in [1.82, 2.24) is 0 Å². The maximum Gasteiger partial charge on any atom is 0.131 e. The minimum atomic E-state index is 0.283. The van der Waals surface area contributed by atoms with E-state index in [1.54, 1.807) is 12.1 Å². The highest BCUT2D eigenvalue weighted by Gasteiger charge is 2.19. The number of phenolic OH excluding ortho intramolecular Hbond substituents is 1. The monoisotopic (exact) mass is 274 g/mol. The van der Waals surface area contributed by atoms with Gasteiger partial charge in [-0.05, 0) is 41.0 Å². The third-order valence-electron chi connectivity index (χ3n) is 3.87. The Bertz CT molecular complexity index is 804. The Balaban J connectivity index is 1.84. The second-order valence-corrected chi connectivity index (χ2v) is 5.22. The molecule has 2 nitrogen and oxygen atoms in total. The normalized spacial score (nSPS) is 12.2. The zero-order valence-corrected chi connectivity index (χ0v) is 11.4. The Morgan fingerprint density at radius 2 is 1.52 bits per heavy atom. The SMILES string of the molecule is Oc1ccc(-c2cccc3c2Cc2ccccc2O3)cc1. The van der Waals surface area contributed by atoms with Gasteiger partial charge in [0.2, 0.25) is 0 Å². The number of ether oxygens (including phenoxy) is 1. The molecule has 1 N–H and O–H groups in total. The molecular weight excluding hydrogens is 260 g/mol. The van der Waals surface area contributed by atoms with Crippen LogP contribution in [0.1, 0.15) is 11.1 Å². The lowest BCUT2D eigenvalue weighted by molar-refractivity contribution is 0.460. The standard InChI is InChI=1S/C19H14O2/c20-15-10-8-13(9-11-15)16-5-3-7-19-17(16)12-14-4-1-2-6-18(14)21-19/h1-11,20H,12H2. The third kappa shape index (κ3) is 2.05. The van der Waals surface area contributed by atoms with Crippen molar-refractivity contribution in [2.75, 3.05) is 0 Å². The fraction of sp³-hybridized carbons (Fsp3) is 0.0526. The first-order valence-corrected chi connectivity index (χ1v) is 6.98. The number of benzene rings is 3. The Labute approximate surface area is 123 Å². The van der Waals surface area contributed by atoms with Gasteiger partial charge in [0.1, 0.15) is 17.2 Å². The van der Waals surface area contributed by atoms with Gasteiger partial charge in [0, 0.05) is 12.0 Å². The van der Waals surface area contributed by atoms with Crippen molar-refractivity contribution < 1.29 is 9.84 Å². The minimum Gasteiger partial charge on any atom is -0.508 e. The summed E-state index contributed by atoms with van der Waals surface area (Å²) >= 11 is 0. The summed E-state index contributed by atoms with van der Waals surface area (Å²) < 4.78 is 6.01. The molecule has 3 aromatic carbocycles. The molecule has 0 saturated heterocycles. The van der Waals surface area contributed by atoms with Crippen molar-refractivity contribution in [3.05, 3.63) is 77.9 Å². The maximum atomic E-state index is 9.45. The molecule has 1 heterocycles. The number of fused-ring (bicyclic) bond motifs is 2. The summed E-state index contributed by atoms with van der Waals surface area (Å²) in [6, 6.07) is 21.6. The molecule has 21 heavy (non-hydrogen) atoms. The van der Waals surface area contributed by atoms with Gasteiger partial charge in [0.15, 0.2) is 0 Å². The predicted molar refractivity (Wildman–Crippen MR) is 82.9 cm³/mol. The van der Waals surface area contributed by atoms with E-state index in [0.717, 1.165) is 29.0 Å². The minimum absolute atomic E-state index is 0.283. The van der Waals surface area contributed by atoms with E-state index < -0.39 is 0 Å². The molecule has 0 atom stereocenters. The van der Waals surface area contributed by atoms with Crippen LogP contribution in [-0.4, -0.2) is 5.11 Å². The van der Waals surface area contributed by atoms with Crippen molar-refractivity contribution >= 4 is 0 Å². The first-order valence-electron chi connectivity index (χ1n) is 6.98. The molecule has 102 valence electrons. The molecule has 0 aromatic heterocycles. The second-order valence-electron chi connectivity index (χ2n) is 5.22. The number of para-hydroxylation sites is 1. The molecule has 0 amide bonds. The van der Waals surface area contributed by atoms with E-state index in [1.165, 1.54) is 11.1 Å². The van der Waals surface area contributed by atoms with Crippen LogP contribution in [0.25, 0.3) is 11.1 Å². The van der Waals surface area contributed by atoms with Crippen LogP contribution in [0.5, 0.6) is 17.2 Å². The van der Waals surface area contributed by atoms with E-state index in [9.17, 15) is 5.11 Å². The van der Waals surface area contributed by atoms with Crippen LogP contribution in [0, 0.1) is 0 Å². The van der Waals surface area contributed by atoms with Crippen LogP contribution in [0.4, 0.5) is 0 Å². The lowest BCUT2D eigenvalue weighted by Gasteiger charge is -2.22. The maximum absolute atomic E-state index is 9.45. The van der Waals surface area contributed by atoms with Gasteiger partial charge >= 0.3 is 0 Å². The fourth-order valence-electron chi connectivity index (χ4n) is 2.81. The van der Waals surface area contributed by atoms with Crippen molar-refractivity contribution in [1.29, 1.82) is 0 Å². The summed E-state index contributed by atoms with van der Waals surface area (Å²) in [7, 11) is 0. The van der Waals surface area contributed by atoms with Crippen LogP contribution >= 0.6 is 0 Å². The Hall–Kier alpha value is -2.74. The molecule has 0 saturated carbocycles.